The van der Waals surface area contributed by atoms with Gasteiger partial charge in [0.2, 0.25) is 15.9 Å². The number of morpholine rings is 1. The summed E-state index contributed by atoms with van der Waals surface area (Å²) < 4.78 is 36.8. The van der Waals surface area contributed by atoms with E-state index >= 15 is 0 Å². The largest absolute Gasteiger partial charge is 0.488 e. The second-order valence-electron chi connectivity index (χ2n) is 9.63. The summed E-state index contributed by atoms with van der Waals surface area (Å²) in [4.78, 5) is 29.8. The van der Waals surface area contributed by atoms with Gasteiger partial charge in [0.15, 0.2) is 0 Å². The van der Waals surface area contributed by atoms with Gasteiger partial charge in [-0.25, -0.2) is 12.7 Å². The van der Waals surface area contributed by atoms with E-state index in [0.29, 0.717) is 37.6 Å². The van der Waals surface area contributed by atoms with E-state index in [0.717, 1.165) is 19.3 Å². The minimum Gasteiger partial charge on any atom is -0.488 e. The van der Waals surface area contributed by atoms with Crippen molar-refractivity contribution in [3.63, 3.8) is 0 Å². The van der Waals surface area contributed by atoms with Gasteiger partial charge in [-0.2, -0.15) is 0 Å². The van der Waals surface area contributed by atoms with Gasteiger partial charge in [0.25, 0.3) is 5.91 Å². The van der Waals surface area contributed by atoms with Crippen LogP contribution in [0.2, 0.25) is 0 Å². The maximum absolute atomic E-state index is 13.5. The molecule has 36 heavy (non-hydrogen) atoms. The number of fused-ring (bicyclic) bond motifs is 1. The predicted molar refractivity (Wildman–Crippen MR) is 136 cm³/mol. The maximum Gasteiger partial charge on any atom is 0.258 e. The summed E-state index contributed by atoms with van der Waals surface area (Å²) in [5.41, 5.74) is 0.716. The Labute approximate surface area is 213 Å². The molecule has 1 saturated heterocycles. The van der Waals surface area contributed by atoms with Crippen LogP contribution in [0.15, 0.2) is 18.2 Å². The van der Waals surface area contributed by atoms with E-state index in [-0.39, 0.29) is 43.0 Å². The van der Waals surface area contributed by atoms with Crippen molar-refractivity contribution in [1.82, 2.24) is 14.1 Å². The van der Waals surface area contributed by atoms with Gasteiger partial charge in [-0.05, 0) is 25.1 Å². The van der Waals surface area contributed by atoms with Crippen LogP contribution in [-0.2, 0) is 19.6 Å². The van der Waals surface area contributed by atoms with Gasteiger partial charge in [-0.15, -0.1) is 0 Å². The van der Waals surface area contributed by atoms with Gasteiger partial charge in [-0.1, -0.05) is 6.92 Å². The number of aliphatic hydroxyl groups is 1. The highest BCUT2D eigenvalue weighted by Gasteiger charge is 2.34. The number of nitrogens with one attached hydrogen (secondary N) is 1. The smallest absolute Gasteiger partial charge is 0.258 e. The molecule has 2 amide bonds. The third-order valence-corrected chi connectivity index (χ3v) is 7.99. The van der Waals surface area contributed by atoms with Crippen molar-refractivity contribution >= 4 is 27.5 Å². The molecule has 11 nitrogen and oxygen atoms in total. The van der Waals surface area contributed by atoms with Gasteiger partial charge < -0.3 is 24.8 Å². The Hall–Kier alpha value is -2.25. The molecule has 1 aromatic rings. The van der Waals surface area contributed by atoms with Gasteiger partial charge >= 0.3 is 0 Å². The topological polar surface area (TPSA) is 129 Å². The predicted octanol–water partition coefficient (Wildman–Crippen LogP) is 0.459. The molecule has 1 aromatic carbocycles. The number of sulfonamides is 1. The quantitative estimate of drug-likeness (QED) is 0.475. The van der Waals surface area contributed by atoms with Crippen LogP contribution in [0.3, 0.4) is 0 Å². The molecule has 2 N–H and O–H groups in total. The number of benzene rings is 1. The number of rotatable bonds is 9. The first-order valence-corrected chi connectivity index (χ1v) is 14.1. The first-order chi connectivity index (χ1) is 17.0. The first kappa shape index (κ1) is 28.3. The summed E-state index contributed by atoms with van der Waals surface area (Å²) in [5, 5.41) is 12.6. The number of hydrogen-bond acceptors (Lipinski definition) is 8. The van der Waals surface area contributed by atoms with Gasteiger partial charge in [-0.3, -0.25) is 14.5 Å². The highest BCUT2D eigenvalue weighted by atomic mass is 32.2. The summed E-state index contributed by atoms with van der Waals surface area (Å²) in [5.74, 6) is -0.389. The van der Waals surface area contributed by atoms with Crippen molar-refractivity contribution in [3.8, 4) is 5.75 Å². The number of hydrogen-bond donors (Lipinski definition) is 2. The average Bonchev–Trinajstić information content (AvgIpc) is 2.84. The van der Waals surface area contributed by atoms with Crippen LogP contribution >= 0.6 is 0 Å². The van der Waals surface area contributed by atoms with Crippen LogP contribution in [0.5, 0.6) is 5.75 Å². The standard InChI is InChI=1S/C24H38N4O7S/c1-17-14-28(18(2)16-29)24(31)20-13-19(25-23(30)7-8-27-9-11-34-12-10-27)5-6-21(20)35-22(17)15-26(3)36(4,32)33/h5-6,13,17-18,22,29H,7-12,14-16H2,1-4H3,(H,25,30)/t17-,18+,22+/m1/s1. The molecule has 2 heterocycles. The van der Waals surface area contributed by atoms with Crippen molar-refractivity contribution in [1.29, 1.82) is 0 Å². The summed E-state index contributed by atoms with van der Waals surface area (Å²) in [6.45, 7) is 7.34. The van der Waals surface area contributed by atoms with E-state index in [1.54, 1.807) is 30.0 Å². The molecule has 0 spiro atoms. The lowest BCUT2D eigenvalue weighted by molar-refractivity contribution is -0.116. The van der Waals surface area contributed by atoms with Crippen LogP contribution in [-0.4, -0.2) is 117 Å². The molecule has 202 valence electrons. The van der Waals surface area contributed by atoms with Crippen LogP contribution in [0.1, 0.15) is 30.6 Å². The van der Waals surface area contributed by atoms with Gasteiger partial charge in [0.05, 0.1) is 44.2 Å². The molecule has 0 aliphatic carbocycles. The van der Waals surface area contributed by atoms with Crippen molar-refractivity contribution in [2.75, 3.05) is 71.2 Å². The molecule has 0 unspecified atom stereocenters. The SMILES string of the molecule is C[C@@H]1CN([C@@H](C)CO)C(=O)c2cc(NC(=O)CCN3CCOCC3)ccc2O[C@H]1CN(C)S(C)(=O)=O. The molecular formula is C24H38N4O7S. The molecule has 0 saturated carbocycles. The monoisotopic (exact) mass is 526 g/mol. The molecule has 2 aliphatic heterocycles. The summed E-state index contributed by atoms with van der Waals surface area (Å²) >= 11 is 0. The first-order valence-electron chi connectivity index (χ1n) is 12.2. The van der Waals surface area contributed by atoms with E-state index in [1.165, 1.54) is 11.4 Å². The number of aliphatic hydroxyl groups excluding tert-OH is 1. The Morgan fingerprint density at radius 2 is 2.00 bits per heavy atom. The number of carbonyl (C=O) groups excluding carboxylic acids is 2. The van der Waals surface area contributed by atoms with Gasteiger partial charge in [0, 0.05) is 51.3 Å². The van der Waals surface area contributed by atoms with E-state index in [9.17, 15) is 23.1 Å². The molecule has 0 bridgehead atoms. The lowest BCUT2D eigenvalue weighted by atomic mass is 9.99. The van der Waals surface area contributed by atoms with Crippen molar-refractivity contribution in [2.45, 2.75) is 32.4 Å². The third kappa shape index (κ3) is 7.39. The van der Waals surface area contributed by atoms with E-state index in [4.69, 9.17) is 9.47 Å². The second-order valence-corrected chi connectivity index (χ2v) is 11.7. The maximum atomic E-state index is 13.5. The minimum atomic E-state index is -3.43. The van der Waals surface area contributed by atoms with E-state index in [2.05, 4.69) is 10.2 Å². The van der Waals surface area contributed by atoms with E-state index in [1.807, 2.05) is 6.92 Å². The number of amides is 2. The van der Waals surface area contributed by atoms with Crippen molar-refractivity contribution in [3.05, 3.63) is 23.8 Å². The zero-order valence-electron chi connectivity index (χ0n) is 21.5. The molecule has 3 atom stereocenters. The number of carbonyl (C=O) groups is 2. The van der Waals surface area contributed by atoms with Crippen molar-refractivity contribution < 1.29 is 32.6 Å². The van der Waals surface area contributed by atoms with E-state index < -0.39 is 22.2 Å². The summed E-state index contributed by atoms with van der Waals surface area (Å²) in [6, 6.07) is 4.42. The van der Waals surface area contributed by atoms with Crippen molar-refractivity contribution in [2.24, 2.45) is 5.92 Å². The molecule has 2 aliphatic rings. The third-order valence-electron chi connectivity index (χ3n) is 6.71. The Kier molecular flexibility index (Phi) is 9.70. The second kappa shape index (κ2) is 12.3. The molecule has 3 rings (SSSR count). The Morgan fingerprint density at radius 1 is 1.31 bits per heavy atom. The minimum absolute atomic E-state index is 0.106. The van der Waals surface area contributed by atoms with Crippen LogP contribution in [0, 0.1) is 5.92 Å². The highest BCUT2D eigenvalue weighted by Crippen LogP contribution is 2.31. The lowest BCUT2D eigenvalue weighted by Gasteiger charge is -2.38. The van der Waals surface area contributed by atoms with Gasteiger partial charge in [0.1, 0.15) is 11.9 Å². The number of likely N-dealkylation sites (N-methyl/N-ethyl adjacent to an activating group) is 1. The molecule has 1 fully saturated rings. The lowest BCUT2D eigenvalue weighted by Crippen LogP contribution is -2.50. The normalized spacial score (nSPS) is 22.4. The number of ether oxygens (including phenoxy) is 2. The fourth-order valence-corrected chi connectivity index (χ4v) is 4.63. The Bertz CT molecular complexity index is 1030. The zero-order chi connectivity index (χ0) is 26.5. The van der Waals surface area contributed by atoms with Crippen LogP contribution < -0.4 is 10.1 Å². The Balaban J connectivity index is 1.82. The Morgan fingerprint density at radius 3 is 2.64 bits per heavy atom. The number of anilines is 1. The number of nitrogens with zero attached hydrogens (tertiary/aromatic N) is 3. The fourth-order valence-electron chi connectivity index (χ4n) is 4.21. The van der Waals surface area contributed by atoms with Crippen LogP contribution in [0.25, 0.3) is 0 Å². The fraction of sp³-hybridized carbons (Fsp3) is 0.667. The molecule has 0 radical (unpaired) electrons. The molecule has 12 heteroatoms. The average molecular weight is 527 g/mol. The summed E-state index contributed by atoms with van der Waals surface area (Å²) in [7, 11) is -1.94. The molecule has 0 aromatic heterocycles. The van der Waals surface area contributed by atoms with Crippen LogP contribution in [0.4, 0.5) is 5.69 Å². The summed E-state index contributed by atoms with van der Waals surface area (Å²) in [6.07, 6.45) is 0.915. The zero-order valence-corrected chi connectivity index (χ0v) is 22.3. The molecular weight excluding hydrogens is 488 g/mol. The highest BCUT2D eigenvalue weighted by molar-refractivity contribution is 7.88.